The second kappa shape index (κ2) is 8.88. The fourth-order valence-electron chi connectivity index (χ4n) is 4.13. The Hall–Kier alpha value is -2.51. The number of carbonyl (C=O) groups is 1. The summed E-state index contributed by atoms with van der Waals surface area (Å²) in [5.74, 6) is 0.165. The summed E-state index contributed by atoms with van der Waals surface area (Å²) in [7, 11) is 0. The molecule has 1 heterocycles. The zero-order valence-corrected chi connectivity index (χ0v) is 18.3. The smallest absolute Gasteiger partial charge is 0.262 e. The van der Waals surface area contributed by atoms with Crippen molar-refractivity contribution in [1.29, 1.82) is 5.26 Å². The molecule has 0 radical (unpaired) electrons. The number of amides is 1. The van der Waals surface area contributed by atoms with Gasteiger partial charge < -0.3 is 9.88 Å². The van der Waals surface area contributed by atoms with Gasteiger partial charge in [0.1, 0.15) is 11.6 Å². The standard InChI is InChI=1S/C24H28ClN3O/c1-15-9-10-21(13-22(15)25)28-17(3)11-19(18(28)4)12-20(14-26)24(29)27-23-8-6-5-7-16(23)2/h9-13,16,23H,5-8H2,1-4H3,(H,27,29)/b20-12+/t16-,23+/m1/s1. The number of hydrogen-bond donors (Lipinski definition) is 1. The fraction of sp³-hybridized carbons (Fsp3) is 0.417. The molecule has 4 nitrogen and oxygen atoms in total. The highest BCUT2D eigenvalue weighted by molar-refractivity contribution is 6.31. The summed E-state index contributed by atoms with van der Waals surface area (Å²) in [6.07, 6.45) is 6.13. The molecule has 0 spiro atoms. The Balaban J connectivity index is 1.89. The van der Waals surface area contributed by atoms with Crippen molar-refractivity contribution in [2.45, 2.75) is 59.4 Å². The number of aryl methyl sites for hydroxylation is 2. The zero-order chi connectivity index (χ0) is 21.1. The lowest BCUT2D eigenvalue weighted by atomic mass is 9.86. The number of rotatable bonds is 4. The third kappa shape index (κ3) is 4.57. The number of carbonyl (C=O) groups excluding carboxylic acids is 1. The topological polar surface area (TPSA) is 57.8 Å². The number of nitrogens with zero attached hydrogens (tertiary/aromatic N) is 2. The van der Waals surface area contributed by atoms with Crippen molar-refractivity contribution in [3.05, 3.63) is 57.4 Å². The van der Waals surface area contributed by atoms with Crippen molar-refractivity contribution in [3.63, 3.8) is 0 Å². The molecule has 1 saturated carbocycles. The lowest BCUT2D eigenvalue weighted by Gasteiger charge is -2.29. The van der Waals surface area contributed by atoms with Crippen molar-refractivity contribution >= 4 is 23.6 Å². The average Bonchev–Trinajstić information content (AvgIpc) is 2.97. The molecule has 1 fully saturated rings. The molecule has 29 heavy (non-hydrogen) atoms. The van der Waals surface area contributed by atoms with Crippen LogP contribution in [0.15, 0.2) is 29.8 Å². The third-order valence-corrected chi connectivity index (χ3v) is 6.38. The summed E-state index contributed by atoms with van der Waals surface area (Å²) >= 11 is 6.31. The fourth-order valence-corrected chi connectivity index (χ4v) is 4.31. The molecular weight excluding hydrogens is 382 g/mol. The summed E-state index contributed by atoms with van der Waals surface area (Å²) in [6, 6.07) is 10.2. The first kappa shape index (κ1) is 21.2. The van der Waals surface area contributed by atoms with E-state index in [0.29, 0.717) is 10.9 Å². The number of aromatic nitrogens is 1. The molecule has 0 saturated heterocycles. The van der Waals surface area contributed by atoms with Crippen LogP contribution in [0.5, 0.6) is 0 Å². The van der Waals surface area contributed by atoms with Gasteiger partial charge in [-0.15, -0.1) is 0 Å². The van der Waals surface area contributed by atoms with Gasteiger partial charge in [0.2, 0.25) is 0 Å². The van der Waals surface area contributed by atoms with Gasteiger partial charge in [-0.05, 0) is 74.9 Å². The van der Waals surface area contributed by atoms with E-state index in [9.17, 15) is 10.1 Å². The minimum atomic E-state index is -0.283. The molecule has 152 valence electrons. The molecule has 2 atom stereocenters. The maximum absolute atomic E-state index is 12.7. The highest BCUT2D eigenvalue weighted by Gasteiger charge is 2.24. The van der Waals surface area contributed by atoms with Crippen LogP contribution in [0.3, 0.4) is 0 Å². The Bertz CT molecular complexity index is 996. The van der Waals surface area contributed by atoms with Gasteiger partial charge in [-0.2, -0.15) is 5.26 Å². The average molecular weight is 410 g/mol. The van der Waals surface area contributed by atoms with Crippen molar-refractivity contribution in [2.24, 2.45) is 5.92 Å². The number of benzene rings is 1. The van der Waals surface area contributed by atoms with E-state index in [0.717, 1.165) is 47.5 Å². The Morgan fingerprint density at radius 1 is 1.24 bits per heavy atom. The lowest BCUT2D eigenvalue weighted by molar-refractivity contribution is -0.118. The number of halogens is 1. The van der Waals surface area contributed by atoms with Crippen LogP contribution in [0.4, 0.5) is 0 Å². The first-order chi connectivity index (χ1) is 13.8. The van der Waals surface area contributed by atoms with Crippen LogP contribution in [0, 0.1) is 38.0 Å². The van der Waals surface area contributed by atoms with Gasteiger partial charge in [-0.3, -0.25) is 4.79 Å². The molecule has 1 amide bonds. The van der Waals surface area contributed by atoms with Gasteiger partial charge >= 0.3 is 0 Å². The molecule has 2 aromatic rings. The Morgan fingerprint density at radius 3 is 2.62 bits per heavy atom. The van der Waals surface area contributed by atoms with Gasteiger partial charge in [-0.1, -0.05) is 37.4 Å². The molecular formula is C24H28ClN3O. The van der Waals surface area contributed by atoms with E-state index in [-0.39, 0.29) is 17.5 Å². The van der Waals surface area contributed by atoms with Crippen molar-refractivity contribution in [2.75, 3.05) is 0 Å². The highest BCUT2D eigenvalue weighted by atomic mass is 35.5. The van der Waals surface area contributed by atoms with Gasteiger partial charge in [0.05, 0.1) is 0 Å². The molecule has 5 heteroatoms. The molecule has 3 rings (SSSR count). The summed E-state index contributed by atoms with van der Waals surface area (Å²) in [4.78, 5) is 12.7. The third-order valence-electron chi connectivity index (χ3n) is 5.98. The molecule has 1 aliphatic carbocycles. The maximum Gasteiger partial charge on any atom is 0.262 e. The van der Waals surface area contributed by atoms with Crippen LogP contribution in [-0.2, 0) is 4.79 Å². The summed E-state index contributed by atoms with van der Waals surface area (Å²) in [6.45, 7) is 8.14. The zero-order valence-electron chi connectivity index (χ0n) is 17.6. The van der Waals surface area contributed by atoms with E-state index in [2.05, 4.69) is 22.9 Å². The van der Waals surface area contributed by atoms with E-state index in [1.807, 2.05) is 45.0 Å². The van der Waals surface area contributed by atoms with Crippen LogP contribution >= 0.6 is 11.6 Å². The minimum absolute atomic E-state index is 0.143. The van der Waals surface area contributed by atoms with Gasteiger partial charge in [0.25, 0.3) is 5.91 Å². The monoisotopic (exact) mass is 409 g/mol. The van der Waals surface area contributed by atoms with E-state index < -0.39 is 0 Å². The number of nitriles is 1. The second-order valence-electron chi connectivity index (χ2n) is 8.11. The maximum atomic E-state index is 12.7. The number of hydrogen-bond acceptors (Lipinski definition) is 2. The summed E-state index contributed by atoms with van der Waals surface area (Å²) in [5, 5.41) is 13.4. The molecule has 1 aliphatic rings. The quantitative estimate of drug-likeness (QED) is 0.523. The normalized spacial score (nSPS) is 19.7. The molecule has 0 bridgehead atoms. The predicted molar refractivity (Wildman–Crippen MR) is 118 cm³/mol. The molecule has 0 unspecified atom stereocenters. The molecule has 1 aromatic heterocycles. The Morgan fingerprint density at radius 2 is 1.97 bits per heavy atom. The lowest BCUT2D eigenvalue weighted by Crippen LogP contribution is -2.41. The van der Waals surface area contributed by atoms with Gasteiger partial charge in [0.15, 0.2) is 0 Å². The van der Waals surface area contributed by atoms with Crippen LogP contribution in [0.1, 0.15) is 55.1 Å². The predicted octanol–water partition coefficient (Wildman–Crippen LogP) is 5.66. The van der Waals surface area contributed by atoms with E-state index in [1.54, 1.807) is 6.08 Å². The molecule has 1 N–H and O–H groups in total. The van der Waals surface area contributed by atoms with Crippen molar-refractivity contribution < 1.29 is 4.79 Å². The van der Waals surface area contributed by atoms with Gasteiger partial charge in [-0.25, -0.2) is 0 Å². The molecule has 1 aromatic carbocycles. The summed E-state index contributed by atoms with van der Waals surface area (Å²) in [5.41, 5.74) is 4.99. The molecule has 0 aliphatic heterocycles. The number of nitrogens with one attached hydrogen (secondary N) is 1. The van der Waals surface area contributed by atoms with E-state index >= 15 is 0 Å². The first-order valence-corrected chi connectivity index (χ1v) is 10.6. The highest BCUT2D eigenvalue weighted by Crippen LogP contribution is 2.27. The van der Waals surface area contributed by atoms with Gasteiger partial charge in [0, 0.05) is 28.1 Å². The first-order valence-electron chi connectivity index (χ1n) is 10.2. The van der Waals surface area contributed by atoms with E-state index in [1.165, 1.54) is 6.42 Å². The van der Waals surface area contributed by atoms with Crippen LogP contribution in [0.25, 0.3) is 11.8 Å². The van der Waals surface area contributed by atoms with Crippen LogP contribution < -0.4 is 5.32 Å². The summed E-state index contributed by atoms with van der Waals surface area (Å²) < 4.78 is 2.09. The van der Waals surface area contributed by atoms with E-state index in [4.69, 9.17) is 11.6 Å². The van der Waals surface area contributed by atoms with Crippen LogP contribution in [-0.4, -0.2) is 16.5 Å². The Labute approximate surface area is 178 Å². The van der Waals surface area contributed by atoms with Crippen LogP contribution in [0.2, 0.25) is 5.02 Å². The van der Waals surface area contributed by atoms with Crippen molar-refractivity contribution in [3.8, 4) is 11.8 Å². The Kier molecular flexibility index (Phi) is 6.49. The largest absolute Gasteiger partial charge is 0.348 e. The second-order valence-corrected chi connectivity index (χ2v) is 8.51. The van der Waals surface area contributed by atoms with Crippen molar-refractivity contribution in [1.82, 2.24) is 9.88 Å². The minimum Gasteiger partial charge on any atom is -0.348 e. The SMILES string of the molecule is Cc1ccc(-n2c(C)cc(/C=C(\C#N)C(=O)N[C@H]3CCCC[C@H]3C)c2C)cc1Cl.